The van der Waals surface area contributed by atoms with Crippen molar-refractivity contribution in [3.63, 3.8) is 0 Å². The van der Waals surface area contributed by atoms with Crippen LogP contribution in [0, 0.1) is 0 Å². The lowest BCUT2D eigenvalue weighted by atomic mass is 10.0. The maximum Gasteiger partial charge on any atom is 0.130 e. The van der Waals surface area contributed by atoms with E-state index in [1.165, 1.54) is 11.3 Å². The van der Waals surface area contributed by atoms with Crippen molar-refractivity contribution in [3.05, 3.63) is 47.5 Å². The zero-order valence-electron chi connectivity index (χ0n) is 13.5. The second-order valence-corrected chi connectivity index (χ2v) is 6.41. The highest BCUT2D eigenvalue weighted by Gasteiger charge is 2.15. The maximum absolute atomic E-state index is 10.8. The number of hydrogen-bond donors (Lipinski definition) is 0. The van der Waals surface area contributed by atoms with Gasteiger partial charge in [-0.05, 0) is 23.3 Å². The van der Waals surface area contributed by atoms with Crippen LogP contribution in [-0.2, 0) is 11.2 Å². The molecule has 124 valence electrons. The zero-order valence-corrected chi connectivity index (χ0v) is 14.3. The van der Waals surface area contributed by atoms with Crippen LogP contribution in [0.4, 0.5) is 0 Å². The largest absolute Gasteiger partial charge is 0.550 e. The van der Waals surface area contributed by atoms with Crippen molar-refractivity contribution in [2.45, 2.75) is 26.2 Å². The number of benzene rings is 2. The molecule has 0 bridgehead atoms. The van der Waals surface area contributed by atoms with Gasteiger partial charge in [-0.1, -0.05) is 43.7 Å². The zero-order chi connectivity index (χ0) is 16.9. The molecule has 3 aromatic rings. The first-order valence-corrected chi connectivity index (χ1v) is 8.86. The number of ether oxygens (including phenoxy) is 1. The highest BCUT2D eigenvalue weighted by Crippen LogP contribution is 2.38. The Balaban J connectivity index is 2.06. The highest BCUT2D eigenvalue weighted by molar-refractivity contribution is 7.13. The number of carboxylic acid groups (broad SMARTS) is 1. The summed E-state index contributed by atoms with van der Waals surface area (Å²) in [6.45, 7) is 2.77. The molecule has 0 atom stereocenters. The summed E-state index contributed by atoms with van der Waals surface area (Å²) < 4.78 is 5.97. The lowest BCUT2D eigenvalue weighted by molar-refractivity contribution is -0.304. The molecule has 0 amide bonds. The molecule has 0 unspecified atom stereocenters. The van der Waals surface area contributed by atoms with Gasteiger partial charge in [-0.3, -0.25) is 0 Å². The Kier molecular flexibility index (Phi) is 5.11. The van der Waals surface area contributed by atoms with Crippen LogP contribution in [-0.4, -0.2) is 17.6 Å². The molecule has 0 saturated carbocycles. The number of aromatic nitrogens is 1. The van der Waals surface area contributed by atoms with E-state index in [1.807, 2.05) is 36.4 Å². The van der Waals surface area contributed by atoms with Gasteiger partial charge in [-0.25, -0.2) is 4.98 Å². The molecular formula is C19H18NO3S-. The molecule has 0 radical (unpaired) electrons. The van der Waals surface area contributed by atoms with Crippen molar-refractivity contribution in [1.29, 1.82) is 0 Å². The molecule has 0 aliphatic heterocycles. The maximum atomic E-state index is 10.8. The van der Waals surface area contributed by atoms with Crippen LogP contribution >= 0.6 is 11.3 Å². The summed E-state index contributed by atoms with van der Waals surface area (Å²) in [6, 6.07) is 12.1. The normalized spacial score (nSPS) is 10.9. The average Bonchev–Trinajstić information content (AvgIpc) is 3.02. The molecule has 0 spiro atoms. The summed E-state index contributed by atoms with van der Waals surface area (Å²) in [7, 11) is 0. The molecule has 1 aromatic heterocycles. The van der Waals surface area contributed by atoms with E-state index in [1.54, 1.807) is 5.38 Å². The lowest BCUT2D eigenvalue weighted by Crippen LogP contribution is -2.24. The number of carboxylic acids is 1. The number of carbonyl (C=O) groups excluding carboxylic acids is 1. The monoisotopic (exact) mass is 340 g/mol. The average molecular weight is 340 g/mol. The number of hydrogen-bond acceptors (Lipinski definition) is 5. The SMILES string of the molecule is CCCCOc1ccc2ccccc2c1-c1nc(CC(=O)[O-])cs1. The topological polar surface area (TPSA) is 62.2 Å². The summed E-state index contributed by atoms with van der Waals surface area (Å²) in [5.74, 6) is -0.333. The van der Waals surface area contributed by atoms with Crippen molar-refractivity contribution >= 4 is 28.1 Å². The van der Waals surface area contributed by atoms with Gasteiger partial charge < -0.3 is 14.6 Å². The van der Waals surface area contributed by atoms with E-state index < -0.39 is 5.97 Å². The van der Waals surface area contributed by atoms with Crippen molar-refractivity contribution in [1.82, 2.24) is 4.98 Å². The summed E-state index contributed by atoms with van der Waals surface area (Å²) in [5.41, 5.74) is 1.45. The van der Waals surface area contributed by atoms with Crippen LogP contribution in [0.2, 0.25) is 0 Å². The smallest absolute Gasteiger partial charge is 0.130 e. The summed E-state index contributed by atoms with van der Waals surface area (Å²) >= 11 is 1.43. The molecule has 4 nitrogen and oxygen atoms in total. The number of fused-ring (bicyclic) bond motifs is 1. The summed E-state index contributed by atoms with van der Waals surface area (Å²) in [4.78, 5) is 15.3. The van der Waals surface area contributed by atoms with E-state index in [4.69, 9.17) is 4.74 Å². The van der Waals surface area contributed by atoms with Gasteiger partial charge >= 0.3 is 0 Å². The fourth-order valence-electron chi connectivity index (χ4n) is 2.57. The van der Waals surface area contributed by atoms with Crippen LogP contribution in [0.25, 0.3) is 21.3 Å². The van der Waals surface area contributed by atoms with E-state index in [0.717, 1.165) is 39.9 Å². The highest BCUT2D eigenvalue weighted by atomic mass is 32.1. The van der Waals surface area contributed by atoms with Crippen molar-refractivity contribution in [2.24, 2.45) is 0 Å². The van der Waals surface area contributed by atoms with Gasteiger partial charge in [0.05, 0.1) is 17.9 Å². The van der Waals surface area contributed by atoms with Crippen LogP contribution < -0.4 is 9.84 Å². The molecule has 2 aromatic carbocycles. The Labute approximate surface area is 144 Å². The Hall–Kier alpha value is -2.40. The van der Waals surface area contributed by atoms with Gasteiger partial charge in [0.15, 0.2) is 0 Å². The van der Waals surface area contributed by atoms with Crippen molar-refractivity contribution < 1.29 is 14.6 Å². The van der Waals surface area contributed by atoms with E-state index in [-0.39, 0.29) is 6.42 Å². The Morgan fingerprint density at radius 1 is 1.25 bits per heavy atom. The van der Waals surface area contributed by atoms with E-state index in [9.17, 15) is 9.90 Å². The van der Waals surface area contributed by atoms with Gasteiger partial charge in [0, 0.05) is 17.8 Å². The van der Waals surface area contributed by atoms with Gasteiger partial charge in [-0.15, -0.1) is 11.3 Å². The molecule has 3 rings (SSSR count). The third kappa shape index (κ3) is 3.57. The van der Waals surface area contributed by atoms with E-state index in [2.05, 4.69) is 11.9 Å². The third-order valence-corrected chi connectivity index (χ3v) is 4.65. The molecule has 0 fully saturated rings. The van der Waals surface area contributed by atoms with E-state index in [0.29, 0.717) is 12.3 Å². The minimum absolute atomic E-state index is 0.173. The number of thiazole rings is 1. The number of nitrogens with zero attached hydrogens (tertiary/aromatic N) is 1. The van der Waals surface area contributed by atoms with Crippen LogP contribution in [0.5, 0.6) is 5.75 Å². The predicted molar refractivity (Wildman–Crippen MR) is 94.2 cm³/mol. The van der Waals surface area contributed by atoms with Gasteiger partial charge in [-0.2, -0.15) is 0 Å². The predicted octanol–water partition coefficient (Wildman–Crippen LogP) is 3.43. The van der Waals surface area contributed by atoms with Gasteiger partial charge in [0.25, 0.3) is 0 Å². The fraction of sp³-hybridized carbons (Fsp3) is 0.263. The Morgan fingerprint density at radius 3 is 2.88 bits per heavy atom. The summed E-state index contributed by atoms with van der Waals surface area (Å²) in [5, 5.41) is 15.5. The molecule has 0 aliphatic rings. The molecule has 0 aliphatic carbocycles. The first-order chi connectivity index (χ1) is 11.7. The van der Waals surface area contributed by atoms with Gasteiger partial charge in [0.2, 0.25) is 0 Å². The van der Waals surface area contributed by atoms with Crippen molar-refractivity contribution in [2.75, 3.05) is 6.61 Å². The molecule has 1 heterocycles. The van der Waals surface area contributed by atoms with Crippen molar-refractivity contribution in [3.8, 4) is 16.3 Å². The second kappa shape index (κ2) is 7.45. The van der Waals surface area contributed by atoms with Crippen LogP contribution in [0.15, 0.2) is 41.8 Å². The lowest BCUT2D eigenvalue weighted by Gasteiger charge is -2.12. The third-order valence-electron chi connectivity index (χ3n) is 3.74. The molecule has 5 heteroatoms. The molecule has 0 saturated heterocycles. The molecular weight excluding hydrogens is 322 g/mol. The van der Waals surface area contributed by atoms with E-state index >= 15 is 0 Å². The molecule has 24 heavy (non-hydrogen) atoms. The second-order valence-electron chi connectivity index (χ2n) is 5.55. The number of aliphatic carboxylic acids is 1. The Morgan fingerprint density at radius 2 is 2.08 bits per heavy atom. The summed E-state index contributed by atoms with van der Waals surface area (Å²) in [6.07, 6.45) is 1.88. The fourth-order valence-corrected chi connectivity index (χ4v) is 3.45. The van der Waals surface area contributed by atoms with Crippen LogP contribution in [0.3, 0.4) is 0 Å². The quantitative estimate of drug-likeness (QED) is 0.618. The van der Waals surface area contributed by atoms with Gasteiger partial charge in [0.1, 0.15) is 10.8 Å². The minimum Gasteiger partial charge on any atom is -0.550 e. The van der Waals surface area contributed by atoms with Crippen LogP contribution in [0.1, 0.15) is 25.5 Å². The number of unbranched alkanes of at least 4 members (excludes halogenated alkanes) is 1. The first-order valence-electron chi connectivity index (χ1n) is 7.98. The Bertz CT molecular complexity index is 857. The minimum atomic E-state index is -1.12. The number of rotatable bonds is 7. The standard InChI is InChI=1S/C19H19NO3S/c1-2-3-10-23-16-9-8-13-6-4-5-7-15(13)18(16)19-20-14(12-24-19)11-17(21)22/h4-9,12H,2-3,10-11H2,1H3,(H,21,22)/p-1. The number of carbonyl (C=O) groups is 1. The first kappa shape index (κ1) is 16.5. The molecule has 0 N–H and O–H groups in total.